The summed E-state index contributed by atoms with van der Waals surface area (Å²) in [4.78, 5) is 5.11. The van der Waals surface area contributed by atoms with Gasteiger partial charge in [0, 0.05) is 0 Å². The van der Waals surface area contributed by atoms with E-state index in [2.05, 4.69) is 18.2 Å². The number of aliphatic imine (C=N–C) groups is 1. The molecule has 0 unspecified atom stereocenters. The predicted octanol–water partition coefficient (Wildman–Crippen LogP) is 0.456. The van der Waals surface area contributed by atoms with Crippen LogP contribution < -0.4 is 5.73 Å². The Hall–Kier alpha value is -1.76. The SMILES string of the molecule is C=CCN=C(N)N(C#N)CC=C. The topological polar surface area (TPSA) is 65.4 Å². The molecule has 12 heavy (non-hydrogen) atoms. The first-order valence-corrected chi connectivity index (χ1v) is 3.45. The van der Waals surface area contributed by atoms with Crippen LogP contribution in [0.15, 0.2) is 30.3 Å². The zero-order chi connectivity index (χ0) is 9.40. The van der Waals surface area contributed by atoms with Crippen molar-refractivity contribution in [3.8, 4) is 6.19 Å². The first kappa shape index (κ1) is 10.2. The van der Waals surface area contributed by atoms with E-state index in [9.17, 15) is 0 Å². The maximum absolute atomic E-state index is 8.57. The van der Waals surface area contributed by atoms with Crippen LogP contribution in [0.2, 0.25) is 0 Å². The average molecular weight is 164 g/mol. The van der Waals surface area contributed by atoms with E-state index in [4.69, 9.17) is 11.0 Å². The number of hydrogen-bond donors (Lipinski definition) is 1. The largest absolute Gasteiger partial charge is 0.369 e. The Morgan fingerprint density at radius 2 is 2.25 bits per heavy atom. The van der Waals surface area contributed by atoms with Gasteiger partial charge in [0.1, 0.15) is 0 Å². The minimum Gasteiger partial charge on any atom is -0.369 e. The van der Waals surface area contributed by atoms with E-state index >= 15 is 0 Å². The molecule has 0 saturated carbocycles. The van der Waals surface area contributed by atoms with E-state index in [0.717, 1.165) is 0 Å². The van der Waals surface area contributed by atoms with Gasteiger partial charge in [-0.15, -0.1) is 13.2 Å². The molecule has 0 aliphatic heterocycles. The van der Waals surface area contributed by atoms with Crippen molar-refractivity contribution in [2.24, 2.45) is 10.7 Å². The summed E-state index contributed by atoms with van der Waals surface area (Å²) in [5.41, 5.74) is 5.46. The summed E-state index contributed by atoms with van der Waals surface area (Å²) in [6.07, 6.45) is 5.07. The summed E-state index contributed by atoms with van der Waals surface area (Å²) in [6, 6.07) is 0. The van der Waals surface area contributed by atoms with Crippen LogP contribution in [-0.2, 0) is 0 Å². The fourth-order valence-corrected chi connectivity index (χ4v) is 0.558. The molecule has 0 atom stereocenters. The van der Waals surface area contributed by atoms with E-state index in [1.165, 1.54) is 4.90 Å². The molecule has 0 aliphatic carbocycles. The molecule has 0 amide bonds. The molecule has 2 N–H and O–H groups in total. The van der Waals surface area contributed by atoms with Crippen LogP contribution in [0.4, 0.5) is 0 Å². The van der Waals surface area contributed by atoms with Gasteiger partial charge in [-0.1, -0.05) is 12.2 Å². The van der Waals surface area contributed by atoms with Gasteiger partial charge in [-0.2, -0.15) is 5.26 Å². The fourth-order valence-electron chi connectivity index (χ4n) is 0.558. The summed E-state index contributed by atoms with van der Waals surface area (Å²) < 4.78 is 0. The second kappa shape index (κ2) is 5.98. The van der Waals surface area contributed by atoms with Gasteiger partial charge in [0.15, 0.2) is 6.19 Å². The summed E-state index contributed by atoms with van der Waals surface area (Å²) >= 11 is 0. The third-order valence-electron chi connectivity index (χ3n) is 1.09. The second-order valence-corrected chi connectivity index (χ2v) is 1.99. The number of guanidine groups is 1. The van der Waals surface area contributed by atoms with Gasteiger partial charge >= 0.3 is 0 Å². The van der Waals surface area contributed by atoms with Gasteiger partial charge in [0.2, 0.25) is 5.96 Å². The smallest absolute Gasteiger partial charge is 0.205 e. The molecule has 0 saturated heterocycles. The van der Waals surface area contributed by atoms with Crippen LogP contribution in [0, 0.1) is 11.5 Å². The van der Waals surface area contributed by atoms with Crippen molar-refractivity contribution in [2.45, 2.75) is 0 Å². The third-order valence-corrected chi connectivity index (χ3v) is 1.09. The van der Waals surface area contributed by atoms with E-state index in [1.807, 2.05) is 6.19 Å². The first-order valence-electron chi connectivity index (χ1n) is 3.45. The van der Waals surface area contributed by atoms with Crippen molar-refractivity contribution >= 4 is 5.96 Å². The number of rotatable bonds is 4. The van der Waals surface area contributed by atoms with Gasteiger partial charge in [0.05, 0.1) is 13.1 Å². The Bertz CT molecular complexity index is 224. The molecule has 0 aliphatic rings. The summed E-state index contributed by atoms with van der Waals surface area (Å²) in [7, 11) is 0. The Morgan fingerprint density at radius 1 is 1.58 bits per heavy atom. The molecule has 64 valence electrons. The van der Waals surface area contributed by atoms with Gasteiger partial charge in [-0.05, 0) is 0 Å². The molecular formula is C8H12N4. The van der Waals surface area contributed by atoms with E-state index in [-0.39, 0.29) is 5.96 Å². The minimum atomic E-state index is 0.192. The molecule has 0 bridgehead atoms. The van der Waals surface area contributed by atoms with Crippen LogP contribution >= 0.6 is 0 Å². The van der Waals surface area contributed by atoms with Gasteiger partial charge in [-0.3, -0.25) is 0 Å². The van der Waals surface area contributed by atoms with Crippen LogP contribution in [-0.4, -0.2) is 23.9 Å². The fraction of sp³-hybridized carbons (Fsp3) is 0.250. The molecule has 4 heteroatoms. The maximum Gasteiger partial charge on any atom is 0.205 e. The van der Waals surface area contributed by atoms with Crippen molar-refractivity contribution in [3.63, 3.8) is 0 Å². The lowest BCUT2D eigenvalue weighted by molar-refractivity contribution is 0.632. The lowest BCUT2D eigenvalue weighted by Crippen LogP contribution is -2.33. The highest BCUT2D eigenvalue weighted by Crippen LogP contribution is 1.85. The molecule has 0 rings (SSSR count). The highest BCUT2D eigenvalue weighted by Gasteiger charge is 2.01. The summed E-state index contributed by atoms with van der Waals surface area (Å²) in [6.45, 7) is 7.76. The van der Waals surface area contributed by atoms with Crippen LogP contribution in [0.1, 0.15) is 0 Å². The highest BCUT2D eigenvalue weighted by atomic mass is 15.2. The molecule has 0 aromatic rings. The zero-order valence-corrected chi connectivity index (χ0v) is 6.90. The maximum atomic E-state index is 8.57. The Kier molecular flexibility index (Phi) is 5.11. The van der Waals surface area contributed by atoms with E-state index < -0.39 is 0 Å². The van der Waals surface area contributed by atoms with Crippen molar-refractivity contribution in [1.82, 2.24) is 4.90 Å². The number of nitriles is 1. The van der Waals surface area contributed by atoms with Crippen LogP contribution in [0.25, 0.3) is 0 Å². The molecule has 0 radical (unpaired) electrons. The molecule has 0 spiro atoms. The number of hydrogen-bond acceptors (Lipinski definition) is 2. The standard InChI is InChI=1S/C8H12N4/c1-3-5-11-8(10)12(7-9)6-4-2/h3-4H,1-2,5-6H2,(H2,10,11). The first-order chi connectivity index (χ1) is 5.76. The highest BCUT2D eigenvalue weighted by molar-refractivity contribution is 5.79. The second-order valence-electron chi connectivity index (χ2n) is 1.99. The molecular weight excluding hydrogens is 152 g/mol. The van der Waals surface area contributed by atoms with Gasteiger partial charge < -0.3 is 5.73 Å². The molecule has 0 fully saturated rings. The Morgan fingerprint density at radius 3 is 2.67 bits per heavy atom. The van der Waals surface area contributed by atoms with Crippen molar-refractivity contribution in [2.75, 3.05) is 13.1 Å². The number of nitrogens with zero attached hydrogens (tertiary/aromatic N) is 3. The summed E-state index contributed by atoms with van der Waals surface area (Å²) in [5, 5.41) is 8.57. The monoisotopic (exact) mass is 164 g/mol. The van der Waals surface area contributed by atoms with Crippen LogP contribution in [0.3, 0.4) is 0 Å². The minimum absolute atomic E-state index is 0.192. The molecule has 0 heterocycles. The van der Waals surface area contributed by atoms with Gasteiger partial charge in [-0.25, -0.2) is 9.89 Å². The zero-order valence-electron chi connectivity index (χ0n) is 6.90. The predicted molar refractivity (Wildman–Crippen MR) is 49.2 cm³/mol. The molecule has 4 nitrogen and oxygen atoms in total. The molecule has 0 aromatic heterocycles. The quantitative estimate of drug-likeness (QED) is 0.216. The van der Waals surface area contributed by atoms with E-state index in [1.54, 1.807) is 12.2 Å². The normalized spacial score (nSPS) is 10.1. The summed E-state index contributed by atoms with van der Waals surface area (Å²) in [5.74, 6) is 0.192. The third kappa shape index (κ3) is 3.42. The Labute approximate surface area is 72.3 Å². The van der Waals surface area contributed by atoms with Crippen molar-refractivity contribution < 1.29 is 0 Å². The number of nitrogens with two attached hydrogens (primary N) is 1. The van der Waals surface area contributed by atoms with Gasteiger partial charge in [0.25, 0.3) is 0 Å². The Balaban J connectivity index is 4.20. The lowest BCUT2D eigenvalue weighted by atomic mass is 10.5. The lowest BCUT2D eigenvalue weighted by Gasteiger charge is -2.10. The van der Waals surface area contributed by atoms with Crippen molar-refractivity contribution in [3.05, 3.63) is 25.3 Å². The van der Waals surface area contributed by atoms with Crippen molar-refractivity contribution in [1.29, 1.82) is 5.26 Å². The van der Waals surface area contributed by atoms with E-state index in [0.29, 0.717) is 13.1 Å². The average Bonchev–Trinajstić information content (AvgIpc) is 2.10. The van der Waals surface area contributed by atoms with Crippen LogP contribution in [0.5, 0.6) is 0 Å². The molecule has 0 aromatic carbocycles.